The van der Waals surface area contributed by atoms with Gasteiger partial charge in [0.1, 0.15) is 5.82 Å². The normalized spacial score (nSPS) is 20.0. The molecule has 0 aliphatic carbocycles. The van der Waals surface area contributed by atoms with Crippen molar-refractivity contribution in [1.82, 2.24) is 15.3 Å². The predicted octanol–water partition coefficient (Wildman–Crippen LogP) is 1.84. The van der Waals surface area contributed by atoms with Crippen molar-refractivity contribution in [3.63, 3.8) is 0 Å². The highest BCUT2D eigenvalue weighted by molar-refractivity contribution is 6.28. The number of amides is 1. The monoisotopic (exact) mass is 294 g/mol. The molecule has 1 saturated heterocycles. The minimum Gasteiger partial charge on any atom is -0.365 e. The summed E-state index contributed by atoms with van der Waals surface area (Å²) in [6.07, 6.45) is -3.73. The summed E-state index contributed by atoms with van der Waals surface area (Å²) in [4.78, 5) is 17.8. The first kappa shape index (κ1) is 13.9. The van der Waals surface area contributed by atoms with Crippen LogP contribution in [0, 0.1) is 0 Å². The highest BCUT2D eigenvalue weighted by Crippen LogP contribution is 2.29. The molecule has 1 fully saturated rings. The molecule has 1 aromatic rings. The third kappa shape index (κ3) is 3.69. The quantitative estimate of drug-likeness (QED) is 0.817. The first-order valence-corrected chi connectivity index (χ1v) is 5.87. The number of piperidine rings is 1. The van der Waals surface area contributed by atoms with Crippen molar-refractivity contribution in [2.45, 2.75) is 25.1 Å². The van der Waals surface area contributed by atoms with Crippen LogP contribution in [-0.2, 0) is 11.0 Å². The molecule has 0 aromatic carbocycles. The third-order valence-electron chi connectivity index (χ3n) is 2.61. The van der Waals surface area contributed by atoms with Crippen LogP contribution >= 0.6 is 11.6 Å². The summed E-state index contributed by atoms with van der Waals surface area (Å²) in [5, 5.41) is 4.94. The topological polar surface area (TPSA) is 66.9 Å². The molecule has 2 N–H and O–H groups in total. The number of nitrogens with zero attached hydrogens (tertiary/aromatic N) is 2. The van der Waals surface area contributed by atoms with Gasteiger partial charge in [-0.15, -0.1) is 0 Å². The van der Waals surface area contributed by atoms with Gasteiger partial charge in [0.2, 0.25) is 11.2 Å². The molecule has 104 valence electrons. The number of halogens is 4. The van der Waals surface area contributed by atoms with E-state index in [9.17, 15) is 18.0 Å². The molecular weight excluding hydrogens is 285 g/mol. The second-order valence-corrected chi connectivity index (χ2v) is 4.43. The zero-order chi connectivity index (χ0) is 14.0. The molecule has 1 amide bonds. The lowest BCUT2D eigenvalue weighted by atomic mass is 10.1. The Kier molecular flexibility index (Phi) is 3.79. The SMILES string of the molecule is O=C1CCC(Nc2cc(C(F)(F)F)nc(Cl)n2)CN1. The number of rotatable bonds is 2. The lowest BCUT2D eigenvalue weighted by Gasteiger charge is -2.24. The zero-order valence-corrected chi connectivity index (χ0v) is 10.3. The van der Waals surface area contributed by atoms with Gasteiger partial charge in [0.15, 0.2) is 5.69 Å². The summed E-state index contributed by atoms with van der Waals surface area (Å²) in [7, 11) is 0. The number of aromatic nitrogens is 2. The van der Waals surface area contributed by atoms with Crippen LogP contribution in [0.4, 0.5) is 19.0 Å². The Hall–Kier alpha value is -1.57. The average molecular weight is 295 g/mol. The number of hydrogen-bond donors (Lipinski definition) is 2. The third-order valence-corrected chi connectivity index (χ3v) is 2.78. The number of hydrogen-bond acceptors (Lipinski definition) is 4. The van der Waals surface area contributed by atoms with Crippen molar-refractivity contribution in [2.24, 2.45) is 0 Å². The Morgan fingerprint density at radius 2 is 2.16 bits per heavy atom. The first-order valence-electron chi connectivity index (χ1n) is 5.49. The Morgan fingerprint density at radius 1 is 1.42 bits per heavy atom. The zero-order valence-electron chi connectivity index (χ0n) is 9.59. The molecule has 1 aromatic heterocycles. The molecular formula is C10H10ClF3N4O. The van der Waals surface area contributed by atoms with Crippen LogP contribution < -0.4 is 10.6 Å². The molecule has 1 unspecified atom stereocenters. The summed E-state index contributed by atoms with van der Waals surface area (Å²) < 4.78 is 37.6. The standard InChI is InChI=1S/C10H10ClF3N4O/c11-9-17-6(10(12,13)14)3-7(18-9)16-5-1-2-8(19)15-4-5/h3,5H,1-2,4H2,(H,15,19)(H,16,17,18). The van der Waals surface area contributed by atoms with Gasteiger partial charge in [-0.3, -0.25) is 4.79 Å². The van der Waals surface area contributed by atoms with Crippen molar-refractivity contribution < 1.29 is 18.0 Å². The van der Waals surface area contributed by atoms with Crippen molar-refractivity contribution in [3.05, 3.63) is 17.0 Å². The van der Waals surface area contributed by atoms with Gasteiger partial charge in [-0.1, -0.05) is 0 Å². The fourth-order valence-electron chi connectivity index (χ4n) is 1.70. The number of nitrogens with one attached hydrogen (secondary N) is 2. The fourth-order valence-corrected chi connectivity index (χ4v) is 1.88. The lowest BCUT2D eigenvalue weighted by molar-refractivity contribution is -0.141. The molecule has 1 aliphatic rings. The molecule has 1 atom stereocenters. The molecule has 0 bridgehead atoms. The molecule has 2 rings (SSSR count). The molecule has 1 aliphatic heterocycles. The van der Waals surface area contributed by atoms with Gasteiger partial charge < -0.3 is 10.6 Å². The van der Waals surface area contributed by atoms with Crippen LogP contribution in [0.3, 0.4) is 0 Å². The smallest absolute Gasteiger partial charge is 0.365 e. The van der Waals surface area contributed by atoms with E-state index < -0.39 is 17.2 Å². The second-order valence-electron chi connectivity index (χ2n) is 4.09. The average Bonchev–Trinajstić information content (AvgIpc) is 2.30. The molecule has 2 heterocycles. The maximum absolute atomic E-state index is 12.5. The molecule has 0 radical (unpaired) electrons. The minimum absolute atomic E-state index is 0.00604. The van der Waals surface area contributed by atoms with Crippen LogP contribution in [0.25, 0.3) is 0 Å². The van der Waals surface area contributed by atoms with Crippen LogP contribution in [0.5, 0.6) is 0 Å². The predicted molar refractivity (Wildman–Crippen MR) is 61.7 cm³/mol. The van der Waals surface area contributed by atoms with E-state index in [2.05, 4.69) is 20.6 Å². The number of anilines is 1. The van der Waals surface area contributed by atoms with Gasteiger partial charge >= 0.3 is 6.18 Å². The van der Waals surface area contributed by atoms with E-state index >= 15 is 0 Å². The van der Waals surface area contributed by atoms with Gasteiger partial charge in [0, 0.05) is 25.1 Å². The van der Waals surface area contributed by atoms with E-state index in [4.69, 9.17) is 11.6 Å². The van der Waals surface area contributed by atoms with E-state index in [1.807, 2.05) is 0 Å². The highest BCUT2D eigenvalue weighted by atomic mass is 35.5. The second kappa shape index (κ2) is 5.20. The van der Waals surface area contributed by atoms with Gasteiger partial charge in [-0.25, -0.2) is 9.97 Å². The maximum atomic E-state index is 12.5. The molecule has 19 heavy (non-hydrogen) atoms. The van der Waals surface area contributed by atoms with Crippen LogP contribution in [0.15, 0.2) is 6.07 Å². The Bertz CT molecular complexity index is 484. The number of carbonyl (C=O) groups excluding carboxylic acids is 1. The summed E-state index contributed by atoms with van der Waals surface area (Å²) in [6, 6.07) is 0.618. The van der Waals surface area contributed by atoms with E-state index in [1.54, 1.807) is 0 Å². The number of alkyl halides is 3. The van der Waals surface area contributed by atoms with Crippen LogP contribution in [0.1, 0.15) is 18.5 Å². The van der Waals surface area contributed by atoms with E-state index in [-0.39, 0.29) is 17.8 Å². The molecule has 0 spiro atoms. The largest absolute Gasteiger partial charge is 0.433 e. The van der Waals surface area contributed by atoms with Gasteiger partial charge in [-0.05, 0) is 18.0 Å². The summed E-state index contributed by atoms with van der Waals surface area (Å²) in [5.74, 6) is -0.0803. The van der Waals surface area contributed by atoms with Crippen molar-refractivity contribution in [3.8, 4) is 0 Å². The summed E-state index contributed by atoms with van der Waals surface area (Å²) in [5.41, 5.74) is -1.10. The highest BCUT2D eigenvalue weighted by Gasteiger charge is 2.33. The van der Waals surface area contributed by atoms with Crippen LogP contribution in [-0.4, -0.2) is 28.5 Å². The molecule has 9 heteroatoms. The van der Waals surface area contributed by atoms with Crippen LogP contribution in [0.2, 0.25) is 5.28 Å². The van der Waals surface area contributed by atoms with E-state index in [0.717, 1.165) is 6.07 Å². The Morgan fingerprint density at radius 3 is 2.74 bits per heavy atom. The maximum Gasteiger partial charge on any atom is 0.433 e. The van der Waals surface area contributed by atoms with E-state index in [0.29, 0.717) is 19.4 Å². The van der Waals surface area contributed by atoms with E-state index in [1.165, 1.54) is 0 Å². The molecule has 0 saturated carbocycles. The van der Waals surface area contributed by atoms with Gasteiger partial charge in [0.05, 0.1) is 0 Å². The Balaban J connectivity index is 2.12. The van der Waals surface area contributed by atoms with Gasteiger partial charge in [0.25, 0.3) is 0 Å². The Labute approximate surface area is 111 Å². The van der Waals surface area contributed by atoms with Crippen molar-refractivity contribution in [1.29, 1.82) is 0 Å². The van der Waals surface area contributed by atoms with Crippen molar-refractivity contribution in [2.75, 3.05) is 11.9 Å². The summed E-state index contributed by atoms with van der Waals surface area (Å²) in [6.45, 7) is 0.335. The molecule has 5 nitrogen and oxygen atoms in total. The summed E-state index contributed by atoms with van der Waals surface area (Å²) >= 11 is 5.46. The van der Waals surface area contributed by atoms with Crippen molar-refractivity contribution >= 4 is 23.3 Å². The lowest BCUT2D eigenvalue weighted by Crippen LogP contribution is -2.42. The number of carbonyl (C=O) groups is 1. The fraction of sp³-hybridized carbons (Fsp3) is 0.500. The first-order chi connectivity index (χ1) is 8.84. The van der Waals surface area contributed by atoms with Gasteiger partial charge in [-0.2, -0.15) is 13.2 Å². The minimum atomic E-state index is -4.58.